The average Bonchev–Trinajstić information content (AvgIpc) is 3.17. The molecule has 6 nitrogen and oxygen atoms in total. The lowest BCUT2D eigenvalue weighted by Gasteiger charge is -2.18. The van der Waals surface area contributed by atoms with E-state index >= 15 is 0 Å². The fourth-order valence-electron chi connectivity index (χ4n) is 6.61. The molecular weight excluding hydrogens is 673 g/mol. The molecule has 54 heavy (non-hydrogen) atoms. The molecule has 0 fully saturated rings. The summed E-state index contributed by atoms with van der Waals surface area (Å²) in [5.41, 5.74) is 0. The van der Waals surface area contributed by atoms with E-state index in [2.05, 4.69) is 45.1 Å². The molecule has 0 N–H and O–H groups in total. The third-order valence-corrected chi connectivity index (χ3v) is 10.2. The van der Waals surface area contributed by atoms with Gasteiger partial charge in [-0.1, -0.05) is 186 Å². The Morgan fingerprint density at radius 3 is 1.04 bits per heavy atom. The van der Waals surface area contributed by atoms with Gasteiger partial charge in [0.25, 0.3) is 0 Å². The van der Waals surface area contributed by atoms with Gasteiger partial charge in [-0.2, -0.15) is 0 Å². The lowest BCUT2D eigenvalue weighted by atomic mass is 10.0. The van der Waals surface area contributed by atoms with Gasteiger partial charge in [0.2, 0.25) is 0 Å². The van der Waals surface area contributed by atoms with Crippen LogP contribution in [-0.2, 0) is 28.6 Å². The number of hydrogen-bond donors (Lipinski definition) is 0. The molecule has 0 bridgehead atoms. The van der Waals surface area contributed by atoms with Gasteiger partial charge in [-0.05, 0) is 64.2 Å². The maximum Gasteiger partial charge on any atom is 0.306 e. The minimum atomic E-state index is -0.772. The fourth-order valence-corrected chi connectivity index (χ4v) is 6.61. The van der Waals surface area contributed by atoms with Crippen molar-refractivity contribution in [1.82, 2.24) is 0 Å². The van der Waals surface area contributed by atoms with Crippen molar-refractivity contribution in [3.05, 3.63) is 24.3 Å². The molecule has 0 spiro atoms. The molecule has 6 heteroatoms. The maximum absolute atomic E-state index is 12.7. The molecule has 1 unspecified atom stereocenters. The zero-order valence-electron chi connectivity index (χ0n) is 36.0. The lowest BCUT2D eigenvalue weighted by molar-refractivity contribution is -0.167. The molecule has 0 heterocycles. The van der Waals surface area contributed by atoms with Crippen molar-refractivity contribution in [2.45, 2.75) is 252 Å². The summed E-state index contributed by atoms with van der Waals surface area (Å²) < 4.78 is 16.7. The molecular formula is C48H88O6. The summed E-state index contributed by atoms with van der Waals surface area (Å²) in [5.74, 6) is -0.889. The second kappa shape index (κ2) is 43.6. The first-order valence-corrected chi connectivity index (χ1v) is 23.3. The van der Waals surface area contributed by atoms with Gasteiger partial charge in [-0.15, -0.1) is 0 Å². The topological polar surface area (TPSA) is 78.9 Å². The van der Waals surface area contributed by atoms with Gasteiger partial charge in [-0.3, -0.25) is 14.4 Å². The predicted molar refractivity (Wildman–Crippen MR) is 229 cm³/mol. The van der Waals surface area contributed by atoms with Crippen molar-refractivity contribution in [1.29, 1.82) is 0 Å². The van der Waals surface area contributed by atoms with Gasteiger partial charge in [0.05, 0.1) is 0 Å². The minimum Gasteiger partial charge on any atom is -0.462 e. The second-order valence-corrected chi connectivity index (χ2v) is 15.7. The molecule has 0 aromatic rings. The number of carbonyl (C=O) groups is 3. The minimum absolute atomic E-state index is 0.0743. The Hall–Kier alpha value is -2.11. The molecule has 316 valence electrons. The van der Waals surface area contributed by atoms with Gasteiger partial charge >= 0.3 is 17.9 Å². The van der Waals surface area contributed by atoms with E-state index in [1.54, 1.807) is 0 Å². The maximum atomic E-state index is 12.7. The highest BCUT2D eigenvalue weighted by Gasteiger charge is 2.19. The number of esters is 3. The van der Waals surface area contributed by atoms with E-state index in [1.807, 2.05) is 0 Å². The van der Waals surface area contributed by atoms with E-state index < -0.39 is 6.10 Å². The van der Waals surface area contributed by atoms with Gasteiger partial charge in [0, 0.05) is 19.3 Å². The van der Waals surface area contributed by atoms with Gasteiger partial charge < -0.3 is 14.2 Å². The fraction of sp³-hybridized carbons (Fsp3) is 0.854. The number of rotatable bonds is 42. The molecule has 0 rings (SSSR count). The third-order valence-electron chi connectivity index (χ3n) is 10.2. The van der Waals surface area contributed by atoms with E-state index in [-0.39, 0.29) is 31.1 Å². The highest BCUT2D eigenvalue weighted by Crippen LogP contribution is 2.15. The van der Waals surface area contributed by atoms with Crippen LogP contribution in [0, 0.1) is 0 Å². The Bertz CT molecular complexity index is 880. The summed E-state index contributed by atoms with van der Waals surface area (Å²) in [5, 5.41) is 0. The summed E-state index contributed by atoms with van der Waals surface area (Å²) in [6.45, 7) is 6.54. The van der Waals surface area contributed by atoms with Crippen molar-refractivity contribution in [3.8, 4) is 0 Å². The standard InChI is InChI=1S/C48H88O6/c1-4-7-10-13-16-19-22-24-25-27-29-32-35-38-41-47(50)53-44-45(43-52-46(49)40-37-34-31-28-21-18-15-12-9-6-3)54-48(51)42-39-36-33-30-26-23-20-17-14-11-8-5-2/h12,15,17,20,45H,4-11,13-14,16,18-19,21-44H2,1-3H3/b15-12-,20-17-. The first-order valence-electron chi connectivity index (χ1n) is 23.3. The Morgan fingerprint density at radius 1 is 0.352 bits per heavy atom. The molecule has 0 amide bonds. The van der Waals surface area contributed by atoms with Crippen LogP contribution in [0.25, 0.3) is 0 Å². The summed E-state index contributed by atoms with van der Waals surface area (Å²) in [7, 11) is 0. The summed E-state index contributed by atoms with van der Waals surface area (Å²) in [6.07, 6.45) is 47.3. The molecule has 1 atom stereocenters. The highest BCUT2D eigenvalue weighted by molar-refractivity contribution is 5.71. The van der Waals surface area contributed by atoms with Crippen LogP contribution in [0.1, 0.15) is 245 Å². The Labute approximate surface area is 334 Å². The first kappa shape index (κ1) is 51.9. The monoisotopic (exact) mass is 761 g/mol. The highest BCUT2D eigenvalue weighted by atomic mass is 16.6. The van der Waals surface area contributed by atoms with Crippen molar-refractivity contribution in [2.75, 3.05) is 13.2 Å². The Morgan fingerprint density at radius 2 is 0.648 bits per heavy atom. The van der Waals surface area contributed by atoms with Crippen LogP contribution >= 0.6 is 0 Å². The van der Waals surface area contributed by atoms with Crippen LogP contribution < -0.4 is 0 Å². The van der Waals surface area contributed by atoms with Crippen LogP contribution in [0.4, 0.5) is 0 Å². The molecule has 0 aliphatic heterocycles. The van der Waals surface area contributed by atoms with Crippen LogP contribution in [0.5, 0.6) is 0 Å². The van der Waals surface area contributed by atoms with E-state index in [0.717, 1.165) is 77.0 Å². The van der Waals surface area contributed by atoms with Gasteiger partial charge in [0.15, 0.2) is 6.10 Å². The largest absolute Gasteiger partial charge is 0.462 e. The molecule has 0 aliphatic carbocycles. The number of allylic oxidation sites excluding steroid dienone is 4. The van der Waals surface area contributed by atoms with Crippen LogP contribution in [0.3, 0.4) is 0 Å². The zero-order valence-corrected chi connectivity index (χ0v) is 36.0. The smallest absolute Gasteiger partial charge is 0.306 e. The normalized spacial score (nSPS) is 12.1. The summed E-state index contributed by atoms with van der Waals surface area (Å²) >= 11 is 0. The third kappa shape index (κ3) is 41.1. The molecule has 0 aliphatic rings. The number of carbonyl (C=O) groups excluding carboxylic acids is 3. The molecule has 0 aromatic carbocycles. The van der Waals surface area contributed by atoms with Gasteiger partial charge in [0.1, 0.15) is 13.2 Å². The molecule has 0 aromatic heterocycles. The number of ether oxygens (including phenoxy) is 3. The molecule has 0 radical (unpaired) electrons. The van der Waals surface area contributed by atoms with E-state index in [9.17, 15) is 14.4 Å². The van der Waals surface area contributed by atoms with Crippen LogP contribution in [0.2, 0.25) is 0 Å². The van der Waals surface area contributed by atoms with Crippen molar-refractivity contribution in [2.24, 2.45) is 0 Å². The van der Waals surface area contributed by atoms with E-state index in [4.69, 9.17) is 14.2 Å². The van der Waals surface area contributed by atoms with Crippen molar-refractivity contribution < 1.29 is 28.6 Å². The number of unbranched alkanes of at least 4 members (excludes halogenated alkanes) is 27. The van der Waals surface area contributed by atoms with Crippen LogP contribution in [0.15, 0.2) is 24.3 Å². The van der Waals surface area contributed by atoms with E-state index in [0.29, 0.717) is 19.3 Å². The first-order chi connectivity index (χ1) is 26.5. The Balaban J connectivity index is 4.35. The summed E-state index contributed by atoms with van der Waals surface area (Å²) in [4.78, 5) is 37.7. The zero-order chi connectivity index (χ0) is 39.4. The lowest BCUT2D eigenvalue weighted by Crippen LogP contribution is -2.30. The Kier molecular flexibility index (Phi) is 41.9. The predicted octanol–water partition coefficient (Wildman–Crippen LogP) is 14.8. The van der Waals surface area contributed by atoms with Crippen molar-refractivity contribution in [3.63, 3.8) is 0 Å². The SMILES string of the molecule is CCC/C=C\CCCCCCCC(=O)OCC(COC(=O)CCCCCCCCCCCCCCCC)OC(=O)CCCCCCC/C=C\CCCCC. The molecule has 0 saturated carbocycles. The second-order valence-electron chi connectivity index (χ2n) is 15.7. The average molecular weight is 761 g/mol. The summed E-state index contributed by atoms with van der Waals surface area (Å²) in [6, 6.07) is 0. The van der Waals surface area contributed by atoms with Gasteiger partial charge in [-0.25, -0.2) is 0 Å². The quantitative estimate of drug-likeness (QED) is 0.0267. The van der Waals surface area contributed by atoms with E-state index in [1.165, 1.54) is 128 Å². The van der Waals surface area contributed by atoms with Crippen LogP contribution in [-0.4, -0.2) is 37.2 Å². The number of hydrogen-bond acceptors (Lipinski definition) is 6. The van der Waals surface area contributed by atoms with Crippen molar-refractivity contribution >= 4 is 17.9 Å². The molecule has 0 saturated heterocycles.